The van der Waals surface area contributed by atoms with Gasteiger partial charge in [0, 0.05) is 31.8 Å². The van der Waals surface area contributed by atoms with E-state index in [4.69, 9.17) is 10.00 Å². The van der Waals surface area contributed by atoms with Gasteiger partial charge in [-0.25, -0.2) is 4.39 Å². The summed E-state index contributed by atoms with van der Waals surface area (Å²) in [4.78, 5) is 43.1. The van der Waals surface area contributed by atoms with Crippen LogP contribution in [-0.2, 0) is 17.8 Å². The van der Waals surface area contributed by atoms with Crippen LogP contribution in [0.5, 0.6) is 11.5 Å². The highest BCUT2D eigenvalue weighted by Gasteiger charge is 2.42. The number of pyridine rings is 2. The highest BCUT2D eigenvalue weighted by molar-refractivity contribution is 6.03. The number of likely N-dealkylation sites (N-methyl/N-ethyl adjacent to an activating group) is 1. The van der Waals surface area contributed by atoms with Crippen molar-refractivity contribution in [1.82, 2.24) is 20.2 Å². The molecule has 0 saturated heterocycles. The first-order chi connectivity index (χ1) is 16.7. The Bertz CT molecular complexity index is 1440. The number of rotatable bonds is 6. The van der Waals surface area contributed by atoms with Crippen molar-refractivity contribution in [3.63, 3.8) is 0 Å². The molecule has 0 radical (unpaired) electrons. The molecule has 3 heterocycles. The molecule has 3 N–H and O–H groups in total. The van der Waals surface area contributed by atoms with Crippen molar-refractivity contribution in [3.05, 3.63) is 63.3 Å². The minimum atomic E-state index is -1.51. The lowest BCUT2D eigenvalue weighted by Gasteiger charge is -2.36. The van der Waals surface area contributed by atoms with Crippen LogP contribution in [0, 0.1) is 17.1 Å². The number of carbonyl (C=O) groups is 2. The summed E-state index contributed by atoms with van der Waals surface area (Å²) in [5.41, 5.74) is -1.56. The van der Waals surface area contributed by atoms with Crippen LogP contribution in [0.2, 0.25) is 0 Å². The number of nitrogens with zero attached hydrogens (tertiary/aromatic N) is 3. The number of hydrogen-bond acceptors (Lipinski definition) is 7. The molecule has 0 saturated carbocycles. The van der Waals surface area contributed by atoms with Gasteiger partial charge in [0.05, 0.1) is 19.0 Å². The summed E-state index contributed by atoms with van der Waals surface area (Å²) in [6.07, 6.45) is 1.68. The lowest BCUT2D eigenvalue weighted by atomic mass is 9.98. The summed E-state index contributed by atoms with van der Waals surface area (Å²) < 4.78 is 20.7. The highest BCUT2D eigenvalue weighted by Crippen LogP contribution is 2.40. The monoisotopic (exact) mass is 479 g/mol. The number of nitriles is 1. The van der Waals surface area contributed by atoms with Gasteiger partial charge in [0.2, 0.25) is 5.60 Å². The van der Waals surface area contributed by atoms with Gasteiger partial charge in [-0.3, -0.25) is 23.9 Å². The molecule has 0 aliphatic carbocycles. The van der Waals surface area contributed by atoms with Crippen molar-refractivity contribution in [3.8, 4) is 17.6 Å². The van der Waals surface area contributed by atoms with Gasteiger partial charge < -0.3 is 20.5 Å². The van der Waals surface area contributed by atoms with Gasteiger partial charge in [-0.2, -0.15) is 5.26 Å². The molecule has 0 bridgehead atoms. The van der Waals surface area contributed by atoms with E-state index in [0.29, 0.717) is 5.56 Å². The van der Waals surface area contributed by atoms with Crippen LogP contribution >= 0.6 is 0 Å². The number of aromatic nitrogens is 2. The molecule has 0 fully saturated rings. The molecule has 2 aromatic heterocycles. The summed E-state index contributed by atoms with van der Waals surface area (Å²) >= 11 is 0. The second kappa shape index (κ2) is 9.06. The van der Waals surface area contributed by atoms with Crippen molar-refractivity contribution >= 4 is 22.8 Å². The number of halogens is 1. The molecule has 3 aromatic rings. The van der Waals surface area contributed by atoms with Crippen LogP contribution in [0.25, 0.3) is 11.0 Å². The summed E-state index contributed by atoms with van der Waals surface area (Å²) in [6.45, 7) is 1.25. The number of aromatic hydroxyl groups is 1. The van der Waals surface area contributed by atoms with E-state index in [2.05, 4.69) is 15.6 Å². The smallest absolute Gasteiger partial charge is 0.268 e. The molecule has 1 aliphatic heterocycles. The summed E-state index contributed by atoms with van der Waals surface area (Å²) in [5.74, 6) is -2.23. The van der Waals surface area contributed by atoms with Gasteiger partial charge in [0.25, 0.3) is 17.4 Å². The van der Waals surface area contributed by atoms with Gasteiger partial charge in [0.1, 0.15) is 22.4 Å². The molecule has 1 aliphatic rings. The van der Waals surface area contributed by atoms with Crippen molar-refractivity contribution < 1.29 is 23.8 Å². The zero-order chi connectivity index (χ0) is 25.3. The molecule has 1 aromatic carbocycles. The maximum Gasteiger partial charge on any atom is 0.268 e. The Morgan fingerprint density at radius 2 is 2.06 bits per heavy atom. The number of hydrogen-bond donors (Lipinski definition) is 3. The Labute approximate surface area is 199 Å². The third-order valence-electron chi connectivity index (χ3n) is 5.82. The van der Waals surface area contributed by atoms with E-state index in [-0.39, 0.29) is 42.7 Å². The molecule has 4 rings (SSSR count). The summed E-state index contributed by atoms with van der Waals surface area (Å²) in [5, 5.41) is 24.5. The Kier molecular flexibility index (Phi) is 6.13. The van der Waals surface area contributed by atoms with Crippen LogP contribution in [0.15, 0.2) is 35.3 Å². The zero-order valence-corrected chi connectivity index (χ0v) is 19.0. The SMILES string of the molecule is CNC(=O)C1(C)Cn2c(=O)c(C(=O)NCCC#N)c(O)c3ncc(Cc4ccc(F)cc4)c(c32)O1. The fourth-order valence-corrected chi connectivity index (χ4v) is 4.08. The quantitative estimate of drug-likeness (QED) is 0.453. The van der Waals surface area contributed by atoms with Gasteiger partial charge >= 0.3 is 0 Å². The van der Waals surface area contributed by atoms with E-state index in [1.807, 2.05) is 6.07 Å². The Balaban J connectivity index is 1.93. The van der Waals surface area contributed by atoms with Gasteiger partial charge in [-0.05, 0) is 24.6 Å². The number of benzene rings is 1. The van der Waals surface area contributed by atoms with E-state index in [1.165, 1.54) is 36.9 Å². The van der Waals surface area contributed by atoms with Crippen molar-refractivity contribution in [2.45, 2.75) is 31.9 Å². The van der Waals surface area contributed by atoms with E-state index in [0.717, 1.165) is 5.56 Å². The Hall–Kier alpha value is -4.46. The molecule has 1 atom stereocenters. The van der Waals surface area contributed by atoms with Crippen molar-refractivity contribution in [1.29, 1.82) is 5.26 Å². The molecule has 1 unspecified atom stereocenters. The fraction of sp³-hybridized carbons (Fsp3) is 0.292. The van der Waals surface area contributed by atoms with Crippen LogP contribution in [0.4, 0.5) is 4.39 Å². The standard InChI is InChI=1S/C24H22FN5O5/c1-24(23(34)27-2)12-30-18-17(19(31)16(22(30)33)21(32)28-9-3-8-26)29-11-14(20(18)35-24)10-13-4-6-15(25)7-5-13/h4-7,11,31H,3,9-10,12H2,1-2H3,(H,27,34)(H,28,32). The number of carbonyl (C=O) groups excluding carboxylic acids is 2. The van der Waals surface area contributed by atoms with Crippen LogP contribution < -0.4 is 20.9 Å². The molecular weight excluding hydrogens is 457 g/mol. The first-order valence-electron chi connectivity index (χ1n) is 10.8. The van der Waals surface area contributed by atoms with Gasteiger partial charge in [-0.15, -0.1) is 0 Å². The predicted molar refractivity (Wildman–Crippen MR) is 123 cm³/mol. The molecule has 0 spiro atoms. The minimum Gasteiger partial charge on any atom is -0.505 e. The van der Waals surface area contributed by atoms with E-state index in [1.54, 1.807) is 12.1 Å². The normalized spacial score (nSPS) is 16.3. The molecule has 2 amide bonds. The van der Waals surface area contributed by atoms with E-state index >= 15 is 0 Å². The van der Waals surface area contributed by atoms with E-state index in [9.17, 15) is 23.9 Å². The first kappa shape index (κ1) is 23.7. The van der Waals surface area contributed by atoms with E-state index < -0.39 is 40.1 Å². The number of nitrogens with one attached hydrogen (secondary N) is 2. The Morgan fingerprint density at radius 3 is 2.71 bits per heavy atom. The second-order valence-electron chi connectivity index (χ2n) is 8.30. The van der Waals surface area contributed by atoms with Crippen LogP contribution in [0.3, 0.4) is 0 Å². The first-order valence-corrected chi connectivity index (χ1v) is 10.8. The third kappa shape index (κ3) is 4.14. The van der Waals surface area contributed by atoms with Gasteiger partial charge in [-0.1, -0.05) is 12.1 Å². The van der Waals surface area contributed by atoms with Crippen LogP contribution in [0.1, 0.15) is 34.8 Å². The second-order valence-corrected chi connectivity index (χ2v) is 8.30. The maximum absolute atomic E-state index is 13.4. The maximum atomic E-state index is 13.4. The van der Waals surface area contributed by atoms with Gasteiger partial charge in [0.15, 0.2) is 11.5 Å². The highest BCUT2D eigenvalue weighted by atomic mass is 19.1. The number of ether oxygens (including phenoxy) is 1. The molecule has 35 heavy (non-hydrogen) atoms. The van der Waals surface area contributed by atoms with Crippen LogP contribution in [-0.4, -0.2) is 45.7 Å². The van der Waals surface area contributed by atoms with Crippen molar-refractivity contribution in [2.24, 2.45) is 0 Å². The Morgan fingerprint density at radius 1 is 1.34 bits per heavy atom. The van der Waals surface area contributed by atoms with Crippen molar-refractivity contribution in [2.75, 3.05) is 13.6 Å². The molecular formula is C24H22FN5O5. The third-order valence-corrected chi connectivity index (χ3v) is 5.82. The fourth-order valence-electron chi connectivity index (χ4n) is 4.08. The number of amides is 2. The topological polar surface area (TPSA) is 146 Å². The predicted octanol–water partition coefficient (Wildman–Crippen LogP) is 1.37. The molecule has 180 valence electrons. The summed E-state index contributed by atoms with van der Waals surface area (Å²) in [7, 11) is 1.43. The molecule has 10 nitrogen and oxygen atoms in total. The average Bonchev–Trinajstić information content (AvgIpc) is 2.84. The lowest BCUT2D eigenvalue weighted by Crippen LogP contribution is -2.54. The lowest BCUT2D eigenvalue weighted by molar-refractivity contribution is -0.136. The minimum absolute atomic E-state index is 0.0133. The average molecular weight is 479 g/mol. The largest absolute Gasteiger partial charge is 0.505 e. The zero-order valence-electron chi connectivity index (χ0n) is 19.0. The molecule has 11 heteroatoms. The summed E-state index contributed by atoms with van der Waals surface area (Å²) in [6, 6.07) is 7.67.